The number of hydrogen-bond donors (Lipinski definition) is 2. The number of hydrogen-bond acceptors (Lipinski definition) is 2. The van der Waals surface area contributed by atoms with E-state index in [0.29, 0.717) is 5.56 Å². The molecule has 0 saturated heterocycles. The molecule has 0 aromatic heterocycles. The Kier molecular flexibility index (Phi) is 2.83. The van der Waals surface area contributed by atoms with Crippen LogP contribution in [0.2, 0.25) is 0 Å². The van der Waals surface area contributed by atoms with Crippen molar-refractivity contribution < 1.29 is 9.90 Å². The third-order valence-electron chi connectivity index (χ3n) is 2.69. The lowest BCUT2D eigenvalue weighted by molar-refractivity contribution is 0.100. The molecule has 17 heavy (non-hydrogen) atoms. The zero-order valence-corrected chi connectivity index (χ0v) is 9.47. The highest BCUT2D eigenvalue weighted by Gasteiger charge is 2.11. The summed E-state index contributed by atoms with van der Waals surface area (Å²) in [6.45, 7) is 1.88. The van der Waals surface area contributed by atoms with E-state index >= 15 is 0 Å². The number of rotatable bonds is 2. The van der Waals surface area contributed by atoms with Crippen LogP contribution < -0.4 is 5.73 Å². The monoisotopic (exact) mass is 227 g/mol. The molecule has 2 rings (SSSR count). The van der Waals surface area contributed by atoms with Gasteiger partial charge in [0.1, 0.15) is 5.75 Å². The first-order valence-electron chi connectivity index (χ1n) is 5.28. The van der Waals surface area contributed by atoms with Gasteiger partial charge in [-0.2, -0.15) is 0 Å². The van der Waals surface area contributed by atoms with Gasteiger partial charge in [0.2, 0.25) is 5.91 Å². The standard InChI is InChI=1S/C14H13NO2/c1-9-8-10(16)6-7-11(9)12-4-2-3-5-13(12)14(15)17/h2-8,16H,1H3,(H2,15,17). The van der Waals surface area contributed by atoms with E-state index in [0.717, 1.165) is 16.7 Å². The highest BCUT2D eigenvalue weighted by molar-refractivity contribution is 6.00. The van der Waals surface area contributed by atoms with E-state index in [4.69, 9.17) is 5.73 Å². The highest BCUT2D eigenvalue weighted by atomic mass is 16.3. The maximum atomic E-state index is 11.3. The van der Waals surface area contributed by atoms with Crippen molar-refractivity contribution in [3.63, 3.8) is 0 Å². The van der Waals surface area contributed by atoms with Crippen LogP contribution in [-0.2, 0) is 0 Å². The fourth-order valence-corrected chi connectivity index (χ4v) is 1.88. The predicted octanol–water partition coefficient (Wildman–Crippen LogP) is 2.47. The van der Waals surface area contributed by atoms with Crippen molar-refractivity contribution >= 4 is 5.91 Å². The van der Waals surface area contributed by atoms with E-state index in [1.165, 1.54) is 0 Å². The predicted molar refractivity (Wildman–Crippen MR) is 66.8 cm³/mol. The third kappa shape index (κ3) is 2.13. The summed E-state index contributed by atoms with van der Waals surface area (Å²) in [5.41, 5.74) is 8.42. The zero-order valence-electron chi connectivity index (χ0n) is 9.47. The number of benzene rings is 2. The van der Waals surface area contributed by atoms with Gasteiger partial charge in [0, 0.05) is 5.56 Å². The molecule has 0 unspecified atom stereocenters. The number of nitrogens with two attached hydrogens (primary N) is 1. The molecule has 0 atom stereocenters. The molecule has 0 fully saturated rings. The van der Waals surface area contributed by atoms with Gasteiger partial charge in [0.05, 0.1) is 0 Å². The minimum Gasteiger partial charge on any atom is -0.508 e. The molecule has 86 valence electrons. The Bertz CT molecular complexity index is 576. The lowest BCUT2D eigenvalue weighted by Gasteiger charge is -2.10. The van der Waals surface area contributed by atoms with Gasteiger partial charge < -0.3 is 10.8 Å². The van der Waals surface area contributed by atoms with Crippen LogP contribution in [0.3, 0.4) is 0 Å². The van der Waals surface area contributed by atoms with Crippen molar-refractivity contribution in [1.82, 2.24) is 0 Å². The molecule has 0 aliphatic rings. The number of amides is 1. The van der Waals surface area contributed by atoms with E-state index in [2.05, 4.69) is 0 Å². The number of primary amides is 1. The van der Waals surface area contributed by atoms with Gasteiger partial charge in [0.15, 0.2) is 0 Å². The van der Waals surface area contributed by atoms with Gasteiger partial charge in [-0.05, 0) is 41.8 Å². The lowest BCUT2D eigenvalue weighted by atomic mass is 9.95. The number of aryl methyl sites for hydroxylation is 1. The molecule has 3 N–H and O–H groups in total. The number of phenols is 1. The molecule has 2 aromatic rings. The van der Waals surface area contributed by atoms with Crippen molar-refractivity contribution in [2.75, 3.05) is 0 Å². The molecule has 0 radical (unpaired) electrons. The molecule has 3 heteroatoms. The Balaban J connectivity index is 2.64. The summed E-state index contributed by atoms with van der Waals surface area (Å²) in [5.74, 6) is -0.240. The van der Waals surface area contributed by atoms with Crippen molar-refractivity contribution in [3.05, 3.63) is 53.6 Å². The number of phenolic OH excluding ortho intramolecular Hbond substituents is 1. The summed E-state index contributed by atoms with van der Waals surface area (Å²) in [6, 6.07) is 12.2. The number of carbonyl (C=O) groups excluding carboxylic acids is 1. The molecule has 0 saturated carbocycles. The quantitative estimate of drug-likeness (QED) is 0.827. The first-order chi connectivity index (χ1) is 8.09. The maximum absolute atomic E-state index is 11.3. The summed E-state index contributed by atoms with van der Waals surface area (Å²) >= 11 is 0. The SMILES string of the molecule is Cc1cc(O)ccc1-c1ccccc1C(N)=O. The van der Waals surface area contributed by atoms with Crippen LogP contribution >= 0.6 is 0 Å². The summed E-state index contributed by atoms with van der Waals surface area (Å²) in [6.07, 6.45) is 0. The fraction of sp³-hybridized carbons (Fsp3) is 0.0714. The summed E-state index contributed by atoms with van der Waals surface area (Å²) in [7, 11) is 0. The molecule has 0 spiro atoms. The van der Waals surface area contributed by atoms with Crippen LogP contribution in [0.4, 0.5) is 0 Å². The Labute approximate surface area is 99.5 Å². The molecule has 0 aliphatic heterocycles. The van der Waals surface area contributed by atoms with Crippen molar-refractivity contribution in [2.45, 2.75) is 6.92 Å². The van der Waals surface area contributed by atoms with Crippen molar-refractivity contribution in [3.8, 4) is 16.9 Å². The van der Waals surface area contributed by atoms with Gasteiger partial charge in [-0.15, -0.1) is 0 Å². The second-order valence-electron chi connectivity index (χ2n) is 3.91. The molecule has 2 aromatic carbocycles. The Morgan fingerprint density at radius 1 is 1.12 bits per heavy atom. The average molecular weight is 227 g/mol. The van der Waals surface area contributed by atoms with Crippen molar-refractivity contribution in [2.24, 2.45) is 5.73 Å². The molecule has 0 bridgehead atoms. The second kappa shape index (κ2) is 4.29. The van der Waals surface area contributed by atoms with E-state index < -0.39 is 5.91 Å². The largest absolute Gasteiger partial charge is 0.508 e. The maximum Gasteiger partial charge on any atom is 0.249 e. The Morgan fingerprint density at radius 3 is 2.47 bits per heavy atom. The van der Waals surface area contributed by atoms with E-state index in [1.54, 1.807) is 30.3 Å². The van der Waals surface area contributed by atoms with Crippen LogP contribution in [-0.4, -0.2) is 11.0 Å². The molecular weight excluding hydrogens is 214 g/mol. The van der Waals surface area contributed by atoms with Crippen LogP contribution in [0.5, 0.6) is 5.75 Å². The first-order valence-corrected chi connectivity index (χ1v) is 5.28. The number of carbonyl (C=O) groups is 1. The normalized spacial score (nSPS) is 10.2. The highest BCUT2D eigenvalue weighted by Crippen LogP contribution is 2.28. The van der Waals surface area contributed by atoms with Crippen LogP contribution in [0, 0.1) is 6.92 Å². The Morgan fingerprint density at radius 2 is 1.82 bits per heavy atom. The zero-order chi connectivity index (χ0) is 12.4. The first kappa shape index (κ1) is 11.2. The van der Waals surface area contributed by atoms with Crippen LogP contribution in [0.1, 0.15) is 15.9 Å². The summed E-state index contributed by atoms with van der Waals surface area (Å²) < 4.78 is 0. The van der Waals surface area contributed by atoms with E-state index in [1.807, 2.05) is 19.1 Å². The molecule has 0 aliphatic carbocycles. The third-order valence-corrected chi connectivity index (χ3v) is 2.69. The fourth-order valence-electron chi connectivity index (χ4n) is 1.88. The molecule has 1 amide bonds. The van der Waals surface area contributed by atoms with Gasteiger partial charge in [-0.3, -0.25) is 4.79 Å². The minimum absolute atomic E-state index is 0.211. The topological polar surface area (TPSA) is 63.3 Å². The van der Waals surface area contributed by atoms with Crippen molar-refractivity contribution in [1.29, 1.82) is 0 Å². The number of aromatic hydroxyl groups is 1. The van der Waals surface area contributed by atoms with Gasteiger partial charge in [-0.25, -0.2) is 0 Å². The second-order valence-corrected chi connectivity index (χ2v) is 3.91. The van der Waals surface area contributed by atoms with E-state index in [-0.39, 0.29) is 5.75 Å². The molecule has 0 heterocycles. The van der Waals surface area contributed by atoms with Gasteiger partial charge in [-0.1, -0.05) is 24.3 Å². The van der Waals surface area contributed by atoms with Gasteiger partial charge in [0.25, 0.3) is 0 Å². The summed E-state index contributed by atoms with van der Waals surface area (Å²) in [4.78, 5) is 11.3. The summed E-state index contributed by atoms with van der Waals surface area (Å²) in [5, 5.41) is 9.37. The van der Waals surface area contributed by atoms with E-state index in [9.17, 15) is 9.90 Å². The Hall–Kier alpha value is -2.29. The smallest absolute Gasteiger partial charge is 0.249 e. The lowest BCUT2D eigenvalue weighted by Crippen LogP contribution is -2.12. The van der Waals surface area contributed by atoms with Gasteiger partial charge >= 0.3 is 0 Å². The minimum atomic E-state index is -0.451. The average Bonchev–Trinajstić information content (AvgIpc) is 2.29. The van der Waals surface area contributed by atoms with Crippen LogP contribution in [0.15, 0.2) is 42.5 Å². The molecular formula is C14H13NO2. The molecule has 3 nitrogen and oxygen atoms in total. The van der Waals surface area contributed by atoms with Crippen LogP contribution in [0.25, 0.3) is 11.1 Å².